The van der Waals surface area contributed by atoms with Crippen LogP contribution in [0.25, 0.3) is 0 Å². The summed E-state index contributed by atoms with van der Waals surface area (Å²) >= 11 is 0. The van der Waals surface area contributed by atoms with E-state index in [9.17, 15) is 4.79 Å². The van der Waals surface area contributed by atoms with Crippen LogP contribution in [0.3, 0.4) is 0 Å². The molecule has 0 bridgehead atoms. The summed E-state index contributed by atoms with van der Waals surface area (Å²) in [5.74, 6) is 0.830. The normalized spacial score (nSPS) is 17.4. The molecular formula is C26H36IN5O2. The van der Waals surface area contributed by atoms with E-state index in [4.69, 9.17) is 4.74 Å². The van der Waals surface area contributed by atoms with Gasteiger partial charge in [-0.2, -0.15) is 0 Å². The smallest absolute Gasteiger partial charge is 0.225 e. The number of anilines is 1. The largest absolute Gasteiger partial charge is 0.379 e. The van der Waals surface area contributed by atoms with Crippen LogP contribution in [0.2, 0.25) is 0 Å². The van der Waals surface area contributed by atoms with Gasteiger partial charge in [-0.05, 0) is 36.1 Å². The van der Waals surface area contributed by atoms with Crippen LogP contribution >= 0.6 is 24.0 Å². The predicted octanol–water partition coefficient (Wildman–Crippen LogP) is 3.36. The number of guanidine groups is 1. The molecule has 7 nitrogen and oxygen atoms in total. The van der Waals surface area contributed by atoms with Gasteiger partial charge in [-0.3, -0.25) is 14.7 Å². The van der Waals surface area contributed by atoms with Crippen LogP contribution in [0.1, 0.15) is 30.4 Å². The van der Waals surface area contributed by atoms with E-state index in [-0.39, 0.29) is 35.3 Å². The molecule has 2 aromatic carbocycles. The van der Waals surface area contributed by atoms with Gasteiger partial charge in [-0.1, -0.05) is 42.5 Å². The Morgan fingerprint density at radius 3 is 2.53 bits per heavy atom. The van der Waals surface area contributed by atoms with Crippen molar-refractivity contribution in [1.29, 1.82) is 0 Å². The molecule has 1 saturated carbocycles. The van der Waals surface area contributed by atoms with Crippen molar-refractivity contribution in [3.05, 3.63) is 65.7 Å². The standard InChI is InChI=1S/C26H35N5O2.HI/c1-27-25(29-20-26(11-12-26)22-7-3-2-4-8-22)28-19-21-6-5-9-23(18-21)30-24(32)10-13-31-14-16-33-17-15-31;/h2-9,18H,10-17,19-20H2,1H3,(H,30,32)(H2,27,28,29);1H. The number of carbonyl (C=O) groups excluding carboxylic acids is 1. The minimum Gasteiger partial charge on any atom is -0.379 e. The molecule has 1 aliphatic heterocycles. The molecule has 2 aromatic rings. The molecule has 1 saturated heterocycles. The minimum atomic E-state index is 0. The zero-order valence-corrected chi connectivity index (χ0v) is 22.2. The molecule has 4 rings (SSSR count). The molecule has 0 spiro atoms. The summed E-state index contributed by atoms with van der Waals surface area (Å²) in [6.45, 7) is 5.57. The molecule has 2 aliphatic rings. The van der Waals surface area contributed by atoms with Crippen LogP contribution in [0.4, 0.5) is 5.69 Å². The number of aliphatic imine (C=N–C) groups is 1. The number of hydrogen-bond acceptors (Lipinski definition) is 4. The summed E-state index contributed by atoms with van der Waals surface area (Å²) in [5, 5.41) is 9.91. The highest BCUT2D eigenvalue weighted by Crippen LogP contribution is 2.47. The van der Waals surface area contributed by atoms with Crippen LogP contribution in [-0.4, -0.2) is 63.2 Å². The third-order valence-electron chi connectivity index (χ3n) is 6.49. The number of amides is 1. The zero-order chi connectivity index (χ0) is 22.9. The fourth-order valence-corrected chi connectivity index (χ4v) is 4.24. The van der Waals surface area contributed by atoms with E-state index in [2.05, 4.69) is 62.2 Å². The molecule has 0 aromatic heterocycles. The quantitative estimate of drug-likeness (QED) is 0.242. The van der Waals surface area contributed by atoms with Crippen molar-refractivity contribution in [3.63, 3.8) is 0 Å². The summed E-state index contributed by atoms with van der Waals surface area (Å²) in [5.41, 5.74) is 3.54. The summed E-state index contributed by atoms with van der Waals surface area (Å²) in [7, 11) is 1.79. The van der Waals surface area contributed by atoms with Crippen LogP contribution in [0.15, 0.2) is 59.6 Å². The zero-order valence-electron chi connectivity index (χ0n) is 19.9. The van der Waals surface area contributed by atoms with Gasteiger partial charge in [-0.15, -0.1) is 24.0 Å². The predicted molar refractivity (Wildman–Crippen MR) is 148 cm³/mol. The van der Waals surface area contributed by atoms with E-state index >= 15 is 0 Å². The molecule has 8 heteroatoms. The average Bonchev–Trinajstić information content (AvgIpc) is 3.65. The van der Waals surface area contributed by atoms with E-state index in [1.54, 1.807) is 7.05 Å². The molecule has 0 unspecified atom stereocenters. The summed E-state index contributed by atoms with van der Waals surface area (Å²) in [6, 6.07) is 18.7. The van der Waals surface area contributed by atoms with E-state index in [0.29, 0.717) is 13.0 Å². The number of nitrogens with one attached hydrogen (secondary N) is 3. The number of rotatable bonds is 9. The van der Waals surface area contributed by atoms with E-state index in [1.165, 1.54) is 18.4 Å². The topological polar surface area (TPSA) is 78.0 Å². The Morgan fingerprint density at radius 1 is 1.06 bits per heavy atom. The average molecular weight is 578 g/mol. The lowest BCUT2D eigenvalue weighted by Crippen LogP contribution is -2.40. The Balaban J connectivity index is 0.00000324. The maximum absolute atomic E-state index is 12.4. The number of halogens is 1. The number of hydrogen-bond donors (Lipinski definition) is 3. The monoisotopic (exact) mass is 577 g/mol. The van der Waals surface area contributed by atoms with Crippen LogP contribution in [-0.2, 0) is 21.5 Å². The fraction of sp³-hybridized carbons (Fsp3) is 0.462. The van der Waals surface area contributed by atoms with Gasteiger partial charge in [0.25, 0.3) is 0 Å². The Bertz CT molecular complexity index is 943. The highest BCUT2D eigenvalue weighted by Gasteiger charge is 2.43. The van der Waals surface area contributed by atoms with Crippen LogP contribution < -0.4 is 16.0 Å². The minimum absolute atomic E-state index is 0. The summed E-state index contributed by atoms with van der Waals surface area (Å²) < 4.78 is 5.36. The maximum Gasteiger partial charge on any atom is 0.225 e. The lowest BCUT2D eigenvalue weighted by atomic mass is 9.96. The first-order valence-corrected chi connectivity index (χ1v) is 11.9. The second-order valence-electron chi connectivity index (χ2n) is 8.88. The first-order valence-electron chi connectivity index (χ1n) is 11.9. The maximum atomic E-state index is 12.4. The third kappa shape index (κ3) is 7.68. The molecule has 184 valence electrons. The van der Waals surface area contributed by atoms with Gasteiger partial charge in [0.05, 0.1) is 13.2 Å². The van der Waals surface area contributed by atoms with Crippen molar-refractivity contribution in [2.75, 3.05) is 51.8 Å². The Hall–Kier alpha value is -2.17. The van der Waals surface area contributed by atoms with E-state index in [0.717, 1.165) is 56.6 Å². The van der Waals surface area contributed by atoms with Crippen molar-refractivity contribution in [2.45, 2.75) is 31.2 Å². The SMILES string of the molecule is CN=C(NCc1cccc(NC(=O)CCN2CCOCC2)c1)NCC1(c2ccccc2)CC1.I. The van der Waals surface area contributed by atoms with Gasteiger partial charge < -0.3 is 20.7 Å². The van der Waals surface area contributed by atoms with Gasteiger partial charge in [0.15, 0.2) is 5.96 Å². The van der Waals surface area contributed by atoms with Gasteiger partial charge >= 0.3 is 0 Å². The Labute approximate surface area is 219 Å². The van der Waals surface area contributed by atoms with Crippen molar-refractivity contribution in [2.24, 2.45) is 4.99 Å². The third-order valence-corrected chi connectivity index (χ3v) is 6.49. The number of carbonyl (C=O) groups is 1. The Morgan fingerprint density at radius 2 is 1.82 bits per heavy atom. The number of morpholine rings is 1. The highest BCUT2D eigenvalue weighted by atomic mass is 127. The first kappa shape index (κ1) is 26.4. The van der Waals surface area contributed by atoms with Gasteiger partial charge in [0.2, 0.25) is 5.91 Å². The van der Waals surface area contributed by atoms with Crippen molar-refractivity contribution >= 4 is 41.5 Å². The highest BCUT2D eigenvalue weighted by molar-refractivity contribution is 14.0. The second kappa shape index (κ2) is 13.1. The lowest BCUT2D eigenvalue weighted by Gasteiger charge is -2.26. The van der Waals surface area contributed by atoms with Gasteiger partial charge in [0.1, 0.15) is 0 Å². The van der Waals surface area contributed by atoms with Gasteiger partial charge in [0, 0.05) is 57.3 Å². The molecule has 3 N–H and O–H groups in total. The first-order chi connectivity index (χ1) is 16.2. The second-order valence-corrected chi connectivity index (χ2v) is 8.88. The summed E-state index contributed by atoms with van der Waals surface area (Å²) in [4.78, 5) is 19.0. The Kier molecular flexibility index (Phi) is 10.2. The van der Waals surface area contributed by atoms with E-state index in [1.807, 2.05) is 18.2 Å². The molecule has 34 heavy (non-hydrogen) atoms. The number of ether oxygens (including phenoxy) is 1. The van der Waals surface area contributed by atoms with Crippen molar-refractivity contribution < 1.29 is 9.53 Å². The van der Waals surface area contributed by atoms with E-state index < -0.39 is 0 Å². The molecule has 1 amide bonds. The summed E-state index contributed by atoms with van der Waals surface area (Å²) in [6.07, 6.45) is 2.89. The van der Waals surface area contributed by atoms with Gasteiger partial charge in [-0.25, -0.2) is 0 Å². The molecular weight excluding hydrogens is 541 g/mol. The molecule has 1 heterocycles. The lowest BCUT2D eigenvalue weighted by molar-refractivity contribution is -0.116. The molecule has 0 radical (unpaired) electrons. The fourth-order valence-electron chi connectivity index (χ4n) is 4.24. The number of nitrogens with zero attached hydrogens (tertiary/aromatic N) is 2. The van der Waals surface area contributed by atoms with Crippen LogP contribution in [0.5, 0.6) is 0 Å². The van der Waals surface area contributed by atoms with Crippen LogP contribution in [0, 0.1) is 0 Å². The molecule has 2 fully saturated rings. The number of benzene rings is 2. The molecule has 1 aliphatic carbocycles. The van der Waals surface area contributed by atoms with Crippen molar-refractivity contribution in [3.8, 4) is 0 Å². The molecule has 0 atom stereocenters. The van der Waals surface area contributed by atoms with Crippen molar-refractivity contribution in [1.82, 2.24) is 15.5 Å².